The van der Waals surface area contributed by atoms with E-state index in [1.807, 2.05) is 36.1 Å². The minimum absolute atomic E-state index is 0.245. The number of nitrogen functional groups attached to an aromatic ring is 1. The van der Waals surface area contributed by atoms with E-state index in [0.717, 1.165) is 74.7 Å². The lowest BCUT2D eigenvalue weighted by molar-refractivity contribution is -0.148. The summed E-state index contributed by atoms with van der Waals surface area (Å²) < 4.78 is 0. The Labute approximate surface area is 194 Å². The predicted molar refractivity (Wildman–Crippen MR) is 128 cm³/mol. The van der Waals surface area contributed by atoms with E-state index in [1.165, 1.54) is 0 Å². The van der Waals surface area contributed by atoms with Gasteiger partial charge in [0.25, 0.3) is 0 Å². The molecule has 0 unspecified atom stereocenters. The highest BCUT2D eigenvalue weighted by molar-refractivity contribution is 6.12. The zero-order chi connectivity index (χ0) is 23.8. The Hall–Kier alpha value is -3.80. The van der Waals surface area contributed by atoms with Gasteiger partial charge in [0.05, 0.1) is 5.41 Å². The monoisotopic (exact) mass is 446 g/mol. The summed E-state index contributed by atoms with van der Waals surface area (Å²) in [6, 6.07) is 11.5. The minimum Gasteiger partial charge on any atom is -0.398 e. The maximum Gasteiger partial charge on any atom is 0.229 e. The van der Waals surface area contributed by atoms with Crippen LogP contribution in [0.3, 0.4) is 0 Å². The van der Waals surface area contributed by atoms with Crippen molar-refractivity contribution in [3.63, 3.8) is 0 Å². The van der Waals surface area contributed by atoms with Gasteiger partial charge in [-0.25, -0.2) is 9.97 Å². The molecule has 9 nitrogen and oxygen atoms in total. The van der Waals surface area contributed by atoms with Gasteiger partial charge in [0.1, 0.15) is 11.8 Å². The van der Waals surface area contributed by atoms with Gasteiger partial charge in [-0.3, -0.25) is 4.79 Å². The van der Waals surface area contributed by atoms with Gasteiger partial charge in [-0.2, -0.15) is 5.26 Å². The quantitative estimate of drug-likeness (QED) is 0.486. The van der Waals surface area contributed by atoms with Crippen molar-refractivity contribution < 1.29 is 4.79 Å². The number of piperidine rings is 2. The molecule has 172 valence electrons. The molecule has 9 heteroatoms. The first-order valence-corrected chi connectivity index (χ1v) is 11.1. The van der Waals surface area contributed by atoms with Gasteiger partial charge < -0.3 is 26.4 Å². The first kappa shape index (κ1) is 23.9. The number of carbonyl (C=O) groups excluding carboxylic acids is 1. The molecule has 2 aliphatic heterocycles. The van der Waals surface area contributed by atoms with Crippen LogP contribution in [0.4, 0.5) is 11.6 Å². The van der Waals surface area contributed by atoms with Crippen LogP contribution in [0.25, 0.3) is 0 Å². The number of benzene rings is 1. The largest absolute Gasteiger partial charge is 0.398 e. The summed E-state index contributed by atoms with van der Waals surface area (Å²) in [7, 11) is 0. The number of aromatic nitrogens is 2. The van der Waals surface area contributed by atoms with Gasteiger partial charge in [-0.1, -0.05) is 18.2 Å². The molecule has 2 aliphatic rings. The number of likely N-dealkylation sites (tertiary alicyclic amines) is 1. The fourth-order valence-electron chi connectivity index (χ4n) is 4.54. The lowest BCUT2D eigenvalue weighted by Crippen LogP contribution is -2.53. The number of hydrogen-bond donors (Lipinski definition) is 3. The molecule has 1 amide bonds. The van der Waals surface area contributed by atoms with E-state index in [1.54, 1.807) is 6.07 Å². The molecule has 0 radical (unpaired) electrons. The molecule has 0 atom stereocenters. The fourth-order valence-corrected chi connectivity index (χ4v) is 4.54. The normalized spacial score (nSPS) is 17.0. The highest BCUT2D eigenvalue weighted by Crippen LogP contribution is 2.42. The van der Waals surface area contributed by atoms with Gasteiger partial charge in [-0.05, 0) is 50.3 Å². The van der Waals surface area contributed by atoms with Crippen molar-refractivity contribution in [2.75, 3.05) is 30.3 Å². The summed E-state index contributed by atoms with van der Waals surface area (Å²) in [6.45, 7) is 4.67. The Bertz CT molecular complexity index is 1050. The Morgan fingerprint density at radius 2 is 1.85 bits per heavy atom. The summed E-state index contributed by atoms with van der Waals surface area (Å²) in [5.74, 6) is 0.836. The van der Waals surface area contributed by atoms with Crippen LogP contribution < -0.4 is 10.6 Å². The van der Waals surface area contributed by atoms with E-state index in [4.69, 9.17) is 16.6 Å². The number of aryl methyl sites for hydroxylation is 1. The van der Waals surface area contributed by atoms with Crippen LogP contribution in [-0.4, -0.2) is 52.8 Å². The average Bonchev–Trinajstić information content (AvgIpc) is 2.83. The zero-order valence-corrected chi connectivity index (χ0v) is 18.9. The zero-order valence-electron chi connectivity index (χ0n) is 18.9. The van der Waals surface area contributed by atoms with Gasteiger partial charge in [0, 0.05) is 50.0 Å². The number of para-hydroxylation sites is 1. The number of nitrogens with zero attached hydrogens (tertiary/aromatic N) is 5. The molecule has 0 aliphatic carbocycles. The molecule has 0 saturated carbocycles. The van der Waals surface area contributed by atoms with E-state index in [-0.39, 0.29) is 11.3 Å². The highest BCUT2D eigenvalue weighted by atomic mass is 16.2. The molecule has 1 aromatic heterocycles. The van der Waals surface area contributed by atoms with Gasteiger partial charge in [0.15, 0.2) is 0 Å². The van der Waals surface area contributed by atoms with E-state index >= 15 is 0 Å². The van der Waals surface area contributed by atoms with E-state index in [0.29, 0.717) is 18.2 Å². The van der Waals surface area contributed by atoms with Crippen LogP contribution in [0.5, 0.6) is 0 Å². The molecule has 2 fully saturated rings. The second kappa shape index (κ2) is 10.7. The standard InChI is InChI=1S/C22H26N6O.C2H4N2/c1-16-13-18(14-23)26-21(25-16)27-11-8-22(9-12-27)7-4-10-28(20(22)29)15-17-5-2-3-6-19(17)24;3-1-2-4/h2-3,5-6,13H,4,7-12,15,24H2,1H3;1-4H. The lowest BCUT2D eigenvalue weighted by atomic mass is 9.71. The van der Waals surface area contributed by atoms with Crippen molar-refractivity contribution >= 4 is 30.0 Å². The summed E-state index contributed by atoms with van der Waals surface area (Å²) in [5, 5.41) is 21.3. The second-order valence-electron chi connectivity index (χ2n) is 8.44. The minimum atomic E-state index is -0.305. The summed E-state index contributed by atoms with van der Waals surface area (Å²) in [5.41, 5.74) is 8.69. The average molecular weight is 447 g/mol. The third-order valence-electron chi connectivity index (χ3n) is 6.28. The Morgan fingerprint density at radius 3 is 2.48 bits per heavy atom. The molecule has 4 rings (SSSR count). The molecular formula is C24H30N8O. The lowest BCUT2D eigenvalue weighted by Gasteiger charge is -2.46. The van der Waals surface area contributed by atoms with Crippen molar-refractivity contribution in [3.05, 3.63) is 47.3 Å². The van der Waals surface area contributed by atoms with Crippen LogP contribution in [0.2, 0.25) is 0 Å². The number of carbonyl (C=O) groups is 1. The van der Waals surface area contributed by atoms with Crippen molar-refractivity contribution in [2.45, 2.75) is 39.2 Å². The fraction of sp³-hybridized carbons (Fsp3) is 0.417. The SMILES string of the molecule is Cc1cc(C#N)nc(N2CCC3(CCCN(Cc4ccccc4N)C3=O)CC2)n1.N=CC=N. The Kier molecular flexibility index (Phi) is 7.72. The molecule has 33 heavy (non-hydrogen) atoms. The van der Waals surface area contributed by atoms with Crippen molar-refractivity contribution in [1.29, 1.82) is 16.1 Å². The van der Waals surface area contributed by atoms with E-state index < -0.39 is 0 Å². The number of amides is 1. The number of rotatable bonds is 4. The van der Waals surface area contributed by atoms with Crippen molar-refractivity contribution in [2.24, 2.45) is 5.41 Å². The van der Waals surface area contributed by atoms with Gasteiger partial charge in [0.2, 0.25) is 11.9 Å². The number of anilines is 2. The number of hydrogen-bond acceptors (Lipinski definition) is 8. The summed E-state index contributed by atoms with van der Waals surface area (Å²) in [6.07, 6.45) is 5.34. The second-order valence-corrected chi connectivity index (χ2v) is 8.44. The van der Waals surface area contributed by atoms with Crippen LogP contribution in [0.1, 0.15) is 42.6 Å². The smallest absolute Gasteiger partial charge is 0.229 e. The van der Waals surface area contributed by atoms with Crippen LogP contribution in [-0.2, 0) is 11.3 Å². The molecule has 1 aromatic carbocycles. The Balaban J connectivity index is 0.000000709. The topological polar surface area (TPSA) is 147 Å². The molecule has 2 aromatic rings. The summed E-state index contributed by atoms with van der Waals surface area (Å²) >= 11 is 0. The summed E-state index contributed by atoms with van der Waals surface area (Å²) in [4.78, 5) is 26.3. The van der Waals surface area contributed by atoms with Crippen LogP contribution in [0.15, 0.2) is 30.3 Å². The molecular weight excluding hydrogens is 416 g/mol. The number of nitrogens with one attached hydrogen (secondary N) is 2. The van der Waals surface area contributed by atoms with E-state index in [2.05, 4.69) is 20.9 Å². The maximum atomic E-state index is 13.4. The first-order valence-electron chi connectivity index (χ1n) is 11.1. The number of nitriles is 1. The van der Waals surface area contributed by atoms with Gasteiger partial charge in [-0.15, -0.1) is 0 Å². The number of nitrogens with two attached hydrogens (primary N) is 1. The van der Waals surface area contributed by atoms with Crippen molar-refractivity contribution in [3.8, 4) is 6.07 Å². The first-order chi connectivity index (χ1) is 15.9. The van der Waals surface area contributed by atoms with Crippen LogP contribution in [0, 0.1) is 34.5 Å². The van der Waals surface area contributed by atoms with E-state index in [9.17, 15) is 10.1 Å². The molecule has 3 heterocycles. The molecule has 0 bridgehead atoms. The molecule has 1 spiro atoms. The Morgan fingerprint density at radius 1 is 1.15 bits per heavy atom. The maximum absolute atomic E-state index is 13.4. The van der Waals surface area contributed by atoms with Crippen molar-refractivity contribution in [1.82, 2.24) is 14.9 Å². The van der Waals surface area contributed by atoms with Gasteiger partial charge >= 0.3 is 0 Å². The molecule has 4 N–H and O–H groups in total. The third-order valence-corrected chi connectivity index (χ3v) is 6.28. The third kappa shape index (κ3) is 5.52. The molecule has 2 saturated heterocycles. The predicted octanol–water partition coefficient (Wildman–Crippen LogP) is 2.93. The van der Waals surface area contributed by atoms with Crippen LogP contribution >= 0.6 is 0 Å². The highest BCUT2D eigenvalue weighted by Gasteiger charge is 2.46.